The van der Waals surface area contributed by atoms with Gasteiger partial charge in [-0.1, -0.05) is 13.8 Å². The Bertz CT molecular complexity index is 667. The third kappa shape index (κ3) is 4.36. The van der Waals surface area contributed by atoms with E-state index in [1.54, 1.807) is 38.1 Å². The topological polar surface area (TPSA) is 98.7 Å². The molecule has 1 saturated carbocycles. The Kier molecular flexibility index (Phi) is 5.47. The zero-order valence-corrected chi connectivity index (χ0v) is 15.0. The number of hydrogen-bond acceptors (Lipinski definition) is 4. The lowest BCUT2D eigenvalue weighted by atomic mass is 10.1. The summed E-state index contributed by atoms with van der Waals surface area (Å²) in [6, 6.07) is 6.55. The quantitative estimate of drug-likeness (QED) is 0.690. The summed E-state index contributed by atoms with van der Waals surface area (Å²) in [5, 5.41) is 14.7. The van der Waals surface area contributed by atoms with Crippen molar-refractivity contribution >= 4 is 23.5 Å². The number of likely N-dealkylation sites (N-methyl/N-ethyl adjacent to an activating group) is 1. The molecule has 0 spiro atoms. The molecule has 0 heterocycles. The van der Waals surface area contributed by atoms with Gasteiger partial charge in [0, 0.05) is 24.3 Å². The SMILES string of the molecule is CN(C)CCNC(=O)c1ccc(NC(=O)[C@@H]2[C@H](C(=O)O)C2(C)C)cc1. The number of benzene rings is 1. The average molecular weight is 347 g/mol. The van der Waals surface area contributed by atoms with Crippen molar-refractivity contribution in [3.05, 3.63) is 29.8 Å². The first-order valence-corrected chi connectivity index (χ1v) is 8.21. The summed E-state index contributed by atoms with van der Waals surface area (Å²) in [5.74, 6) is -2.63. The zero-order chi connectivity index (χ0) is 18.8. The van der Waals surface area contributed by atoms with Crippen LogP contribution in [0.2, 0.25) is 0 Å². The predicted octanol–water partition coefficient (Wildman–Crippen LogP) is 1.27. The highest BCUT2D eigenvalue weighted by Crippen LogP contribution is 2.58. The van der Waals surface area contributed by atoms with Gasteiger partial charge >= 0.3 is 5.97 Å². The van der Waals surface area contributed by atoms with Crippen LogP contribution in [0.4, 0.5) is 5.69 Å². The number of carbonyl (C=O) groups excluding carboxylic acids is 2. The van der Waals surface area contributed by atoms with Gasteiger partial charge in [0.15, 0.2) is 0 Å². The summed E-state index contributed by atoms with van der Waals surface area (Å²) in [5.41, 5.74) is 0.510. The normalized spacial score (nSPS) is 20.8. The molecule has 1 fully saturated rings. The number of aliphatic carboxylic acids is 1. The lowest BCUT2D eigenvalue weighted by Gasteiger charge is -2.11. The Morgan fingerprint density at radius 3 is 2.20 bits per heavy atom. The number of anilines is 1. The van der Waals surface area contributed by atoms with E-state index < -0.39 is 23.2 Å². The van der Waals surface area contributed by atoms with Crippen LogP contribution in [0.15, 0.2) is 24.3 Å². The van der Waals surface area contributed by atoms with Crippen LogP contribution < -0.4 is 10.6 Å². The van der Waals surface area contributed by atoms with E-state index in [9.17, 15) is 14.4 Å². The number of nitrogens with one attached hydrogen (secondary N) is 2. The van der Waals surface area contributed by atoms with Crippen LogP contribution in [0, 0.1) is 17.3 Å². The van der Waals surface area contributed by atoms with Gasteiger partial charge in [-0.05, 0) is 43.8 Å². The third-order valence-corrected chi connectivity index (χ3v) is 4.64. The van der Waals surface area contributed by atoms with Crippen LogP contribution >= 0.6 is 0 Å². The van der Waals surface area contributed by atoms with E-state index in [1.165, 1.54) is 0 Å². The first-order chi connectivity index (χ1) is 11.6. The molecule has 0 aliphatic heterocycles. The largest absolute Gasteiger partial charge is 0.481 e. The number of amides is 2. The number of carboxylic acids is 1. The van der Waals surface area contributed by atoms with E-state index in [0.29, 0.717) is 17.8 Å². The second-order valence-corrected chi connectivity index (χ2v) is 7.24. The summed E-state index contributed by atoms with van der Waals surface area (Å²) < 4.78 is 0. The Morgan fingerprint density at radius 1 is 1.12 bits per heavy atom. The summed E-state index contributed by atoms with van der Waals surface area (Å²) >= 11 is 0. The maximum Gasteiger partial charge on any atom is 0.307 e. The second kappa shape index (κ2) is 7.23. The van der Waals surface area contributed by atoms with Crippen molar-refractivity contribution in [2.45, 2.75) is 13.8 Å². The van der Waals surface area contributed by atoms with E-state index in [1.807, 2.05) is 19.0 Å². The predicted molar refractivity (Wildman–Crippen MR) is 94.4 cm³/mol. The molecule has 0 saturated heterocycles. The molecule has 0 aromatic heterocycles. The van der Waals surface area contributed by atoms with Crippen molar-refractivity contribution in [1.82, 2.24) is 10.2 Å². The van der Waals surface area contributed by atoms with Gasteiger partial charge in [-0.15, -0.1) is 0 Å². The molecule has 2 atom stereocenters. The van der Waals surface area contributed by atoms with Crippen molar-refractivity contribution < 1.29 is 19.5 Å². The van der Waals surface area contributed by atoms with Crippen LogP contribution in [0.1, 0.15) is 24.2 Å². The highest BCUT2D eigenvalue weighted by molar-refractivity contribution is 6.00. The van der Waals surface area contributed by atoms with Gasteiger partial charge in [0.05, 0.1) is 11.8 Å². The maximum atomic E-state index is 12.3. The summed E-state index contributed by atoms with van der Waals surface area (Å²) in [7, 11) is 3.86. The van der Waals surface area contributed by atoms with Crippen LogP contribution in [0.25, 0.3) is 0 Å². The summed E-state index contributed by atoms with van der Waals surface area (Å²) in [6.07, 6.45) is 0. The number of rotatable bonds is 7. The Balaban J connectivity index is 1.91. The molecule has 0 radical (unpaired) electrons. The standard InChI is InChI=1S/C18H25N3O4/c1-18(2)13(14(18)17(24)25)16(23)20-12-7-5-11(6-8-12)15(22)19-9-10-21(3)4/h5-8,13-14H,9-10H2,1-4H3,(H,19,22)(H,20,23)(H,24,25)/t13-,14+/m0/s1. The minimum absolute atomic E-state index is 0.172. The van der Waals surface area contributed by atoms with Gasteiger partial charge in [-0.3, -0.25) is 14.4 Å². The van der Waals surface area contributed by atoms with E-state index in [0.717, 1.165) is 6.54 Å². The van der Waals surface area contributed by atoms with E-state index in [2.05, 4.69) is 10.6 Å². The van der Waals surface area contributed by atoms with Crippen molar-refractivity contribution in [1.29, 1.82) is 0 Å². The molecule has 1 aromatic carbocycles. The van der Waals surface area contributed by atoms with Crippen LogP contribution in [-0.4, -0.2) is 55.0 Å². The van der Waals surface area contributed by atoms with Gasteiger partial charge in [0.25, 0.3) is 5.91 Å². The Morgan fingerprint density at radius 2 is 1.72 bits per heavy atom. The molecule has 2 amide bonds. The highest BCUT2D eigenvalue weighted by atomic mass is 16.4. The van der Waals surface area contributed by atoms with Crippen molar-refractivity contribution in [3.8, 4) is 0 Å². The molecule has 7 heteroatoms. The molecular weight excluding hydrogens is 322 g/mol. The molecule has 1 aliphatic rings. The Hall–Kier alpha value is -2.41. The second-order valence-electron chi connectivity index (χ2n) is 7.24. The van der Waals surface area contributed by atoms with Crippen LogP contribution in [0.3, 0.4) is 0 Å². The fraction of sp³-hybridized carbons (Fsp3) is 0.500. The average Bonchev–Trinajstić information content (AvgIpc) is 3.10. The minimum Gasteiger partial charge on any atom is -0.481 e. The van der Waals surface area contributed by atoms with E-state index in [-0.39, 0.29) is 11.8 Å². The van der Waals surface area contributed by atoms with Gasteiger partial charge in [-0.25, -0.2) is 0 Å². The van der Waals surface area contributed by atoms with Gasteiger partial charge in [-0.2, -0.15) is 0 Å². The number of nitrogens with zero attached hydrogens (tertiary/aromatic N) is 1. The molecule has 2 rings (SSSR count). The number of hydrogen-bond donors (Lipinski definition) is 3. The van der Waals surface area contributed by atoms with Crippen LogP contribution in [0.5, 0.6) is 0 Å². The van der Waals surface area contributed by atoms with Gasteiger partial charge < -0.3 is 20.6 Å². The van der Waals surface area contributed by atoms with Crippen molar-refractivity contribution in [2.75, 3.05) is 32.5 Å². The molecule has 0 bridgehead atoms. The molecule has 1 aromatic rings. The Labute approximate surface area is 147 Å². The summed E-state index contributed by atoms with van der Waals surface area (Å²) in [4.78, 5) is 37.4. The molecule has 25 heavy (non-hydrogen) atoms. The minimum atomic E-state index is -0.949. The number of carboxylic acid groups (broad SMARTS) is 1. The molecule has 1 aliphatic carbocycles. The lowest BCUT2D eigenvalue weighted by Crippen LogP contribution is -2.31. The molecular formula is C18H25N3O4. The lowest BCUT2D eigenvalue weighted by molar-refractivity contribution is -0.140. The van der Waals surface area contributed by atoms with E-state index >= 15 is 0 Å². The fourth-order valence-electron chi connectivity index (χ4n) is 3.01. The monoisotopic (exact) mass is 347 g/mol. The van der Waals surface area contributed by atoms with Gasteiger partial charge in [0.1, 0.15) is 0 Å². The van der Waals surface area contributed by atoms with E-state index in [4.69, 9.17) is 5.11 Å². The fourth-order valence-corrected chi connectivity index (χ4v) is 3.01. The smallest absolute Gasteiger partial charge is 0.307 e. The number of carbonyl (C=O) groups is 3. The van der Waals surface area contributed by atoms with Gasteiger partial charge in [0.2, 0.25) is 5.91 Å². The molecule has 136 valence electrons. The van der Waals surface area contributed by atoms with Crippen molar-refractivity contribution in [2.24, 2.45) is 17.3 Å². The van der Waals surface area contributed by atoms with Crippen LogP contribution in [-0.2, 0) is 9.59 Å². The zero-order valence-electron chi connectivity index (χ0n) is 15.0. The highest BCUT2D eigenvalue weighted by Gasteiger charge is 2.65. The first kappa shape index (κ1) is 18.9. The molecule has 0 unspecified atom stereocenters. The molecule has 3 N–H and O–H groups in total. The molecule has 7 nitrogen and oxygen atoms in total. The maximum absolute atomic E-state index is 12.3. The first-order valence-electron chi connectivity index (χ1n) is 8.21. The third-order valence-electron chi connectivity index (χ3n) is 4.64. The summed E-state index contributed by atoms with van der Waals surface area (Å²) in [6.45, 7) is 4.86. The van der Waals surface area contributed by atoms with Crippen molar-refractivity contribution in [3.63, 3.8) is 0 Å².